The summed E-state index contributed by atoms with van der Waals surface area (Å²) in [6, 6.07) is 9.40. The van der Waals surface area contributed by atoms with E-state index in [0.29, 0.717) is 15.7 Å². The van der Waals surface area contributed by atoms with E-state index in [1.54, 1.807) is 25.1 Å². The van der Waals surface area contributed by atoms with Crippen LogP contribution in [0.2, 0.25) is 15.1 Å². The maximum atomic E-state index is 12.4. The van der Waals surface area contributed by atoms with Crippen LogP contribution in [0.3, 0.4) is 0 Å². The summed E-state index contributed by atoms with van der Waals surface area (Å²) in [7, 11) is -3.74. The standard InChI is InChI=1S/C16H15Cl3N2O3S/c1-10-3-4-12(18)8-14(10)20-16(22)9-21(25(2,23)24)15-6-5-11(17)7-13(15)19/h3-8H,9H2,1-2H3,(H,20,22). The van der Waals surface area contributed by atoms with Crippen LogP contribution in [0.1, 0.15) is 5.56 Å². The van der Waals surface area contributed by atoms with Crippen molar-refractivity contribution in [2.45, 2.75) is 6.92 Å². The van der Waals surface area contributed by atoms with E-state index in [9.17, 15) is 13.2 Å². The van der Waals surface area contributed by atoms with E-state index in [1.807, 2.05) is 0 Å². The number of hydrogen-bond donors (Lipinski definition) is 1. The van der Waals surface area contributed by atoms with Crippen molar-refractivity contribution in [3.8, 4) is 0 Å². The number of benzene rings is 2. The number of hydrogen-bond acceptors (Lipinski definition) is 3. The quantitative estimate of drug-likeness (QED) is 0.780. The molecule has 2 aromatic rings. The van der Waals surface area contributed by atoms with E-state index in [0.717, 1.165) is 16.1 Å². The molecule has 0 radical (unpaired) electrons. The first-order chi connectivity index (χ1) is 11.6. The highest BCUT2D eigenvalue weighted by Gasteiger charge is 2.23. The number of anilines is 2. The third-order valence-corrected chi connectivity index (χ3v) is 5.24. The first-order valence-corrected chi connectivity index (χ1v) is 10.0. The summed E-state index contributed by atoms with van der Waals surface area (Å²) in [4.78, 5) is 12.4. The van der Waals surface area contributed by atoms with E-state index in [1.165, 1.54) is 18.2 Å². The van der Waals surface area contributed by atoms with Gasteiger partial charge in [-0.2, -0.15) is 0 Å². The second kappa shape index (κ2) is 7.83. The molecule has 0 bridgehead atoms. The molecular weight excluding hydrogens is 407 g/mol. The lowest BCUT2D eigenvalue weighted by Crippen LogP contribution is -2.37. The molecule has 9 heteroatoms. The van der Waals surface area contributed by atoms with Gasteiger partial charge in [-0.15, -0.1) is 0 Å². The molecular formula is C16H15Cl3N2O3S. The van der Waals surface area contributed by atoms with Gasteiger partial charge in [0.1, 0.15) is 6.54 Å². The Morgan fingerprint density at radius 3 is 2.28 bits per heavy atom. The third kappa shape index (κ3) is 5.25. The molecule has 0 fully saturated rings. The van der Waals surface area contributed by atoms with Crippen LogP contribution in [-0.2, 0) is 14.8 Å². The number of carbonyl (C=O) groups excluding carboxylic acids is 1. The lowest BCUT2D eigenvalue weighted by molar-refractivity contribution is -0.114. The van der Waals surface area contributed by atoms with Crippen molar-refractivity contribution in [3.05, 3.63) is 57.0 Å². The van der Waals surface area contributed by atoms with Crippen LogP contribution in [0, 0.1) is 6.92 Å². The Kier molecular flexibility index (Phi) is 6.21. The van der Waals surface area contributed by atoms with E-state index >= 15 is 0 Å². The van der Waals surface area contributed by atoms with Gasteiger partial charge in [0.25, 0.3) is 0 Å². The zero-order valence-electron chi connectivity index (χ0n) is 13.4. The van der Waals surface area contributed by atoms with Crippen molar-refractivity contribution in [2.24, 2.45) is 0 Å². The largest absolute Gasteiger partial charge is 0.324 e. The zero-order valence-corrected chi connectivity index (χ0v) is 16.5. The molecule has 0 unspecified atom stereocenters. The minimum absolute atomic E-state index is 0.129. The van der Waals surface area contributed by atoms with E-state index < -0.39 is 22.5 Å². The van der Waals surface area contributed by atoms with Crippen LogP contribution in [-0.4, -0.2) is 27.1 Å². The van der Waals surface area contributed by atoms with Crippen LogP contribution >= 0.6 is 34.8 Å². The summed E-state index contributed by atoms with van der Waals surface area (Å²) in [5.41, 5.74) is 1.48. The van der Waals surface area contributed by atoms with Gasteiger partial charge in [0.15, 0.2) is 0 Å². The van der Waals surface area contributed by atoms with Gasteiger partial charge in [0.2, 0.25) is 15.9 Å². The number of sulfonamides is 1. The molecule has 0 aliphatic carbocycles. The molecule has 0 atom stereocenters. The lowest BCUT2D eigenvalue weighted by atomic mass is 10.2. The van der Waals surface area contributed by atoms with E-state index in [2.05, 4.69) is 5.32 Å². The highest BCUT2D eigenvalue weighted by Crippen LogP contribution is 2.30. The minimum Gasteiger partial charge on any atom is -0.324 e. The van der Waals surface area contributed by atoms with Crippen molar-refractivity contribution in [2.75, 3.05) is 22.4 Å². The number of carbonyl (C=O) groups is 1. The molecule has 0 saturated carbocycles. The molecule has 0 aromatic heterocycles. The summed E-state index contributed by atoms with van der Waals surface area (Å²) in [5.74, 6) is -0.526. The second-order valence-corrected chi connectivity index (χ2v) is 8.56. The molecule has 0 heterocycles. The highest BCUT2D eigenvalue weighted by atomic mass is 35.5. The zero-order chi connectivity index (χ0) is 18.8. The highest BCUT2D eigenvalue weighted by molar-refractivity contribution is 7.92. The van der Waals surface area contributed by atoms with Crippen molar-refractivity contribution in [1.82, 2.24) is 0 Å². The molecule has 0 aliphatic heterocycles. The maximum Gasteiger partial charge on any atom is 0.245 e. The van der Waals surface area contributed by atoms with Crippen LogP contribution in [0.5, 0.6) is 0 Å². The Hall–Kier alpha value is -1.47. The fourth-order valence-electron chi connectivity index (χ4n) is 2.11. The third-order valence-electron chi connectivity index (χ3n) is 3.34. The van der Waals surface area contributed by atoms with Crippen molar-refractivity contribution < 1.29 is 13.2 Å². The van der Waals surface area contributed by atoms with Crippen LogP contribution in [0.4, 0.5) is 11.4 Å². The Labute approximate surface area is 161 Å². The van der Waals surface area contributed by atoms with Gasteiger partial charge in [-0.1, -0.05) is 40.9 Å². The molecule has 0 saturated heterocycles. The molecule has 2 rings (SSSR count). The topological polar surface area (TPSA) is 66.5 Å². The molecule has 2 aromatic carbocycles. The Morgan fingerprint density at radius 1 is 1.08 bits per heavy atom. The Morgan fingerprint density at radius 2 is 1.68 bits per heavy atom. The molecule has 134 valence electrons. The summed E-state index contributed by atoms with van der Waals surface area (Å²) < 4.78 is 25.1. The van der Waals surface area contributed by atoms with Gasteiger partial charge >= 0.3 is 0 Å². The first-order valence-electron chi connectivity index (χ1n) is 7.06. The molecule has 1 N–H and O–H groups in total. The van der Waals surface area contributed by atoms with Gasteiger partial charge in [-0.05, 0) is 42.8 Å². The summed E-state index contributed by atoms with van der Waals surface area (Å²) in [6.45, 7) is 1.36. The Bertz CT molecular complexity index is 917. The van der Waals surface area contributed by atoms with Gasteiger partial charge in [-0.3, -0.25) is 9.10 Å². The number of nitrogens with zero attached hydrogens (tertiary/aromatic N) is 1. The SMILES string of the molecule is Cc1ccc(Cl)cc1NC(=O)CN(c1ccc(Cl)cc1Cl)S(C)(=O)=O. The number of halogens is 3. The number of nitrogens with one attached hydrogen (secondary N) is 1. The van der Waals surface area contributed by atoms with Crippen molar-refractivity contribution in [3.63, 3.8) is 0 Å². The summed E-state index contributed by atoms with van der Waals surface area (Å²) in [6.07, 6.45) is 0.996. The average Bonchev–Trinajstić information content (AvgIpc) is 2.48. The van der Waals surface area contributed by atoms with Gasteiger partial charge in [0.05, 0.1) is 17.0 Å². The van der Waals surface area contributed by atoms with Gasteiger partial charge in [-0.25, -0.2) is 8.42 Å². The molecule has 0 aliphatic rings. The monoisotopic (exact) mass is 420 g/mol. The molecule has 25 heavy (non-hydrogen) atoms. The van der Waals surface area contributed by atoms with Crippen LogP contribution < -0.4 is 9.62 Å². The summed E-state index contributed by atoms with van der Waals surface area (Å²) >= 11 is 17.8. The number of rotatable bonds is 5. The molecule has 5 nitrogen and oxygen atoms in total. The predicted octanol–water partition coefficient (Wildman–Crippen LogP) is 4.36. The number of aryl methyl sites for hydroxylation is 1. The fourth-order valence-corrected chi connectivity index (χ4v) is 3.71. The van der Waals surface area contributed by atoms with Crippen LogP contribution in [0.25, 0.3) is 0 Å². The van der Waals surface area contributed by atoms with Gasteiger partial charge < -0.3 is 5.32 Å². The Balaban J connectivity index is 2.28. The average molecular weight is 422 g/mol. The summed E-state index contributed by atoms with van der Waals surface area (Å²) in [5, 5.41) is 3.61. The maximum absolute atomic E-state index is 12.4. The molecule has 0 spiro atoms. The van der Waals surface area contributed by atoms with Crippen molar-refractivity contribution in [1.29, 1.82) is 0 Å². The van der Waals surface area contributed by atoms with Crippen molar-refractivity contribution >= 4 is 62.1 Å². The number of amides is 1. The van der Waals surface area contributed by atoms with Gasteiger partial charge in [0, 0.05) is 15.7 Å². The molecule has 1 amide bonds. The van der Waals surface area contributed by atoms with Crippen LogP contribution in [0.15, 0.2) is 36.4 Å². The minimum atomic E-state index is -3.74. The van der Waals surface area contributed by atoms with E-state index in [-0.39, 0.29) is 10.7 Å². The normalized spacial score (nSPS) is 11.2. The predicted molar refractivity (Wildman–Crippen MR) is 103 cm³/mol. The first kappa shape index (κ1) is 19.8. The lowest BCUT2D eigenvalue weighted by Gasteiger charge is -2.23. The smallest absolute Gasteiger partial charge is 0.245 e. The fraction of sp³-hybridized carbons (Fsp3) is 0.188. The second-order valence-electron chi connectivity index (χ2n) is 5.37. The van der Waals surface area contributed by atoms with E-state index in [4.69, 9.17) is 34.8 Å².